The number of aliphatic hydroxyl groups is 1. The van der Waals surface area contributed by atoms with Gasteiger partial charge < -0.3 is 10.0 Å². The summed E-state index contributed by atoms with van der Waals surface area (Å²) < 4.78 is 0. The second-order valence-electron chi connectivity index (χ2n) is 4.44. The van der Waals surface area contributed by atoms with E-state index in [2.05, 4.69) is 23.0 Å². The molecule has 0 radical (unpaired) electrons. The quantitative estimate of drug-likeness (QED) is 0.782. The first-order chi connectivity index (χ1) is 7.25. The number of hydrogen-bond donors (Lipinski definition) is 1. The van der Waals surface area contributed by atoms with Gasteiger partial charge in [0.15, 0.2) is 0 Å². The van der Waals surface area contributed by atoms with Crippen LogP contribution in [0, 0.1) is 5.92 Å². The van der Waals surface area contributed by atoms with Crippen molar-refractivity contribution in [2.75, 3.05) is 20.1 Å². The van der Waals surface area contributed by atoms with Gasteiger partial charge in [0.2, 0.25) is 0 Å². The summed E-state index contributed by atoms with van der Waals surface area (Å²) in [6.07, 6.45) is 5.34. The number of nitrogens with zero attached hydrogens (tertiary/aromatic N) is 2. The third-order valence-electron chi connectivity index (χ3n) is 3.12. The Morgan fingerprint density at radius 2 is 2.47 bits per heavy atom. The summed E-state index contributed by atoms with van der Waals surface area (Å²) in [6, 6.07) is 4.03. The Balaban J connectivity index is 1.98. The standard InChI is InChI=1S/C12H18N2O/c1-14-6-4-12(15)11(9-14)7-10-3-2-5-13-8-10/h2-3,5,8,11-12,15H,4,6-7,9H2,1H3. The average Bonchev–Trinajstić information content (AvgIpc) is 2.25. The van der Waals surface area contributed by atoms with Crippen molar-refractivity contribution < 1.29 is 5.11 Å². The molecule has 82 valence electrons. The molecule has 1 aliphatic rings. The predicted octanol–water partition coefficient (Wildman–Crippen LogP) is 0.937. The van der Waals surface area contributed by atoms with E-state index in [4.69, 9.17) is 0 Å². The van der Waals surface area contributed by atoms with Crippen LogP contribution in [0.15, 0.2) is 24.5 Å². The lowest BCUT2D eigenvalue weighted by molar-refractivity contribution is 0.0366. The highest BCUT2D eigenvalue weighted by atomic mass is 16.3. The minimum atomic E-state index is -0.151. The first kappa shape index (κ1) is 10.6. The topological polar surface area (TPSA) is 36.4 Å². The summed E-state index contributed by atoms with van der Waals surface area (Å²) in [4.78, 5) is 6.38. The largest absolute Gasteiger partial charge is 0.393 e. The third-order valence-corrected chi connectivity index (χ3v) is 3.12. The first-order valence-corrected chi connectivity index (χ1v) is 5.51. The van der Waals surface area contributed by atoms with Gasteiger partial charge >= 0.3 is 0 Å². The molecule has 0 saturated carbocycles. The Labute approximate surface area is 90.8 Å². The Hall–Kier alpha value is -0.930. The molecule has 1 aromatic heterocycles. The van der Waals surface area contributed by atoms with Gasteiger partial charge in [-0.25, -0.2) is 0 Å². The summed E-state index contributed by atoms with van der Waals surface area (Å²) in [7, 11) is 2.11. The number of rotatable bonds is 2. The van der Waals surface area contributed by atoms with Gasteiger partial charge in [-0.2, -0.15) is 0 Å². The predicted molar refractivity (Wildman–Crippen MR) is 59.6 cm³/mol. The van der Waals surface area contributed by atoms with Gasteiger partial charge in [-0.3, -0.25) is 4.98 Å². The van der Waals surface area contributed by atoms with Crippen LogP contribution in [0.5, 0.6) is 0 Å². The van der Waals surface area contributed by atoms with Crippen molar-refractivity contribution in [3.63, 3.8) is 0 Å². The second-order valence-corrected chi connectivity index (χ2v) is 4.44. The summed E-state index contributed by atoms with van der Waals surface area (Å²) in [5.41, 5.74) is 1.22. The van der Waals surface area contributed by atoms with E-state index in [0.29, 0.717) is 5.92 Å². The van der Waals surface area contributed by atoms with Gasteiger partial charge in [0, 0.05) is 31.4 Å². The van der Waals surface area contributed by atoms with E-state index < -0.39 is 0 Å². The summed E-state index contributed by atoms with van der Waals surface area (Å²) in [6.45, 7) is 1.99. The SMILES string of the molecule is CN1CCC(O)C(Cc2cccnc2)C1. The van der Waals surface area contributed by atoms with E-state index >= 15 is 0 Å². The van der Waals surface area contributed by atoms with Crippen molar-refractivity contribution in [2.45, 2.75) is 18.9 Å². The lowest BCUT2D eigenvalue weighted by Crippen LogP contribution is -2.41. The van der Waals surface area contributed by atoms with Crippen LogP contribution in [0.1, 0.15) is 12.0 Å². The molecule has 2 rings (SSSR count). The van der Waals surface area contributed by atoms with E-state index in [-0.39, 0.29) is 6.10 Å². The Bertz CT molecular complexity index is 302. The van der Waals surface area contributed by atoms with Crippen LogP contribution >= 0.6 is 0 Å². The maximum Gasteiger partial charge on any atom is 0.0596 e. The zero-order chi connectivity index (χ0) is 10.7. The fourth-order valence-electron chi connectivity index (χ4n) is 2.22. The molecule has 0 aromatic carbocycles. The Morgan fingerprint density at radius 1 is 1.60 bits per heavy atom. The van der Waals surface area contributed by atoms with E-state index in [9.17, 15) is 5.11 Å². The molecule has 1 fully saturated rings. The second kappa shape index (κ2) is 4.73. The maximum atomic E-state index is 9.90. The molecule has 2 unspecified atom stereocenters. The van der Waals surface area contributed by atoms with Crippen LogP contribution in [0.4, 0.5) is 0 Å². The summed E-state index contributed by atoms with van der Waals surface area (Å²) >= 11 is 0. The van der Waals surface area contributed by atoms with Crippen molar-refractivity contribution in [1.82, 2.24) is 9.88 Å². The van der Waals surface area contributed by atoms with Crippen molar-refractivity contribution in [3.8, 4) is 0 Å². The number of aromatic nitrogens is 1. The van der Waals surface area contributed by atoms with Gasteiger partial charge in [-0.05, 0) is 31.5 Å². The van der Waals surface area contributed by atoms with Crippen molar-refractivity contribution >= 4 is 0 Å². The van der Waals surface area contributed by atoms with Crippen LogP contribution in [-0.2, 0) is 6.42 Å². The fourth-order valence-corrected chi connectivity index (χ4v) is 2.22. The van der Waals surface area contributed by atoms with Gasteiger partial charge in [0.05, 0.1) is 6.10 Å². The van der Waals surface area contributed by atoms with E-state index in [1.54, 1.807) is 6.20 Å². The highest BCUT2D eigenvalue weighted by Crippen LogP contribution is 2.20. The minimum Gasteiger partial charge on any atom is -0.393 e. The molecule has 3 heteroatoms. The monoisotopic (exact) mass is 206 g/mol. The van der Waals surface area contributed by atoms with Gasteiger partial charge in [0.25, 0.3) is 0 Å². The number of pyridine rings is 1. The molecular formula is C12H18N2O. The third kappa shape index (κ3) is 2.76. The zero-order valence-corrected chi connectivity index (χ0v) is 9.13. The Kier molecular flexibility index (Phi) is 3.34. The van der Waals surface area contributed by atoms with Crippen LogP contribution in [0.2, 0.25) is 0 Å². The van der Waals surface area contributed by atoms with Gasteiger partial charge in [-0.1, -0.05) is 6.07 Å². The molecule has 2 atom stereocenters. The number of piperidine rings is 1. The molecule has 1 aliphatic heterocycles. The molecule has 1 N–H and O–H groups in total. The summed E-state index contributed by atoms with van der Waals surface area (Å²) in [5.74, 6) is 0.355. The Morgan fingerprint density at radius 3 is 3.20 bits per heavy atom. The molecule has 1 aromatic rings. The van der Waals surface area contributed by atoms with E-state index in [0.717, 1.165) is 25.9 Å². The molecule has 0 bridgehead atoms. The normalized spacial score (nSPS) is 27.9. The molecule has 15 heavy (non-hydrogen) atoms. The zero-order valence-electron chi connectivity index (χ0n) is 9.13. The lowest BCUT2D eigenvalue weighted by Gasteiger charge is -2.33. The van der Waals surface area contributed by atoms with Crippen LogP contribution < -0.4 is 0 Å². The highest BCUT2D eigenvalue weighted by Gasteiger charge is 2.25. The first-order valence-electron chi connectivity index (χ1n) is 5.51. The molecular weight excluding hydrogens is 188 g/mol. The number of hydrogen-bond acceptors (Lipinski definition) is 3. The lowest BCUT2D eigenvalue weighted by atomic mass is 9.89. The smallest absolute Gasteiger partial charge is 0.0596 e. The number of aliphatic hydroxyl groups excluding tert-OH is 1. The van der Waals surface area contributed by atoms with Crippen LogP contribution in [-0.4, -0.2) is 41.2 Å². The van der Waals surface area contributed by atoms with Gasteiger partial charge in [0.1, 0.15) is 0 Å². The molecule has 0 aliphatic carbocycles. The van der Waals surface area contributed by atoms with Crippen molar-refractivity contribution in [2.24, 2.45) is 5.92 Å². The molecule has 1 saturated heterocycles. The van der Waals surface area contributed by atoms with Crippen molar-refractivity contribution in [1.29, 1.82) is 0 Å². The van der Waals surface area contributed by atoms with E-state index in [1.165, 1.54) is 5.56 Å². The van der Waals surface area contributed by atoms with E-state index in [1.807, 2.05) is 12.3 Å². The van der Waals surface area contributed by atoms with Crippen molar-refractivity contribution in [3.05, 3.63) is 30.1 Å². The maximum absolute atomic E-state index is 9.90. The number of likely N-dealkylation sites (tertiary alicyclic amines) is 1. The highest BCUT2D eigenvalue weighted by molar-refractivity contribution is 5.10. The van der Waals surface area contributed by atoms with Gasteiger partial charge in [-0.15, -0.1) is 0 Å². The average molecular weight is 206 g/mol. The summed E-state index contributed by atoms with van der Waals surface area (Å²) in [5, 5.41) is 9.90. The fraction of sp³-hybridized carbons (Fsp3) is 0.583. The van der Waals surface area contributed by atoms with Crippen LogP contribution in [0.3, 0.4) is 0 Å². The molecule has 0 amide bonds. The molecule has 0 spiro atoms. The molecule has 2 heterocycles. The molecule has 3 nitrogen and oxygen atoms in total. The minimum absolute atomic E-state index is 0.151. The van der Waals surface area contributed by atoms with Crippen LogP contribution in [0.25, 0.3) is 0 Å².